The summed E-state index contributed by atoms with van der Waals surface area (Å²) < 4.78 is 22.9. The summed E-state index contributed by atoms with van der Waals surface area (Å²) in [5.41, 5.74) is 2.27. The summed E-state index contributed by atoms with van der Waals surface area (Å²) in [5, 5.41) is 0. The molecule has 0 aliphatic carbocycles. The van der Waals surface area contributed by atoms with E-state index < -0.39 is 7.14 Å². The molecular weight excluding hydrogens is 247 g/mol. The van der Waals surface area contributed by atoms with E-state index in [4.69, 9.17) is 9.47 Å². The Morgan fingerprint density at radius 3 is 2.00 bits per heavy atom. The van der Waals surface area contributed by atoms with E-state index in [1.807, 2.05) is 44.5 Å². The first-order valence-electron chi connectivity index (χ1n) is 6.05. The molecule has 0 aliphatic rings. The molecule has 1 aromatic carbocycles. The van der Waals surface area contributed by atoms with Crippen LogP contribution in [0.15, 0.2) is 24.3 Å². The molecule has 0 saturated heterocycles. The zero-order valence-electron chi connectivity index (χ0n) is 11.8. The Morgan fingerprint density at radius 2 is 1.61 bits per heavy atom. The summed E-state index contributed by atoms with van der Waals surface area (Å²) in [6, 6.07) is 8.18. The summed E-state index contributed by atoms with van der Waals surface area (Å²) in [6.07, 6.45) is 0.296. The number of ether oxygens (including phenoxy) is 2. The first-order chi connectivity index (χ1) is 8.38. The van der Waals surface area contributed by atoms with Crippen LogP contribution in [0, 0.1) is 6.92 Å². The predicted octanol–water partition coefficient (Wildman–Crippen LogP) is 3.67. The van der Waals surface area contributed by atoms with Crippen molar-refractivity contribution < 1.29 is 14.0 Å². The summed E-state index contributed by atoms with van der Waals surface area (Å²) in [5.74, 6) is 0. The van der Waals surface area contributed by atoms with E-state index in [0.717, 1.165) is 5.56 Å². The van der Waals surface area contributed by atoms with Gasteiger partial charge in [-0.05, 0) is 25.8 Å². The highest BCUT2D eigenvalue weighted by Crippen LogP contribution is 2.55. The number of rotatable bonds is 6. The van der Waals surface area contributed by atoms with E-state index in [-0.39, 0.29) is 11.9 Å². The standard InChI is InChI=1S/C14H23O3P/c1-11-6-8-12(9-7-11)13(18(4,5)15)10-14(16-2)17-3/h6-9,13-14H,10H2,1-5H3. The van der Waals surface area contributed by atoms with Gasteiger partial charge in [0.2, 0.25) is 0 Å². The van der Waals surface area contributed by atoms with Gasteiger partial charge in [-0.3, -0.25) is 0 Å². The average Bonchev–Trinajstić information content (AvgIpc) is 2.31. The number of hydrogen-bond donors (Lipinski definition) is 0. The van der Waals surface area contributed by atoms with Crippen molar-refractivity contribution in [3.8, 4) is 0 Å². The van der Waals surface area contributed by atoms with Gasteiger partial charge in [-0.2, -0.15) is 0 Å². The van der Waals surface area contributed by atoms with Crippen molar-refractivity contribution in [1.29, 1.82) is 0 Å². The zero-order chi connectivity index (χ0) is 13.8. The van der Waals surface area contributed by atoms with E-state index in [0.29, 0.717) is 6.42 Å². The lowest BCUT2D eigenvalue weighted by Gasteiger charge is -2.25. The Hall–Kier alpha value is -0.630. The second kappa shape index (κ2) is 6.51. The van der Waals surface area contributed by atoms with E-state index in [9.17, 15) is 4.57 Å². The van der Waals surface area contributed by atoms with Crippen LogP contribution in [0.2, 0.25) is 0 Å². The predicted molar refractivity (Wildman–Crippen MR) is 75.8 cm³/mol. The number of hydrogen-bond acceptors (Lipinski definition) is 3. The van der Waals surface area contributed by atoms with Gasteiger partial charge in [0.1, 0.15) is 0 Å². The van der Waals surface area contributed by atoms with E-state index in [1.165, 1.54) is 5.56 Å². The molecule has 1 atom stereocenters. The third-order valence-electron chi connectivity index (χ3n) is 3.15. The molecule has 3 nitrogen and oxygen atoms in total. The van der Waals surface area contributed by atoms with Crippen LogP contribution in [-0.2, 0) is 14.0 Å². The van der Waals surface area contributed by atoms with Crippen molar-refractivity contribution >= 4 is 7.14 Å². The second-order valence-electron chi connectivity index (χ2n) is 5.00. The molecule has 0 radical (unpaired) electrons. The smallest absolute Gasteiger partial charge is 0.157 e. The third kappa shape index (κ3) is 4.24. The molecule has 4 heteroatoms. The summed E-state index contributed by atoms with van der Waals surface area (Å²) in [7, 11) is 0.962. The highest BCUT2D eigenvalue weighted by atomic mass is 31.2. The third-order valence-corrected chi connectivity index (χ3v) is 5.16. The first kappa shape index (κ1) is 15.4. The lowest BCUT2D eigenvalue weighted by Crippen LogP contribution is -2.17. The number of methoxy groups -OCH3 is 2. The van der Waals surface area contributed by atoms with Gasteiger partial charge in [0.05, 0.1) is 7.14 Å². The molecule has 0 heterocycles. The average molecular weight is 270 g/mol. The van der Waals surface area contributed by atoms with Crippen molar-refractivity contribution in [3.63, 3.8) is 0 Å². The van der Waals surface area contributed by atoms with E-state index >= 15 is 0 Å². The molecule has 0 amide bonds. The molecule has 0 aliphatic heterocycles. The summed E-state index contributed by atoms with van der Waals surface area (Å²) in [4.78, 5) is 0. The minimum absolute atomic E-state index is 0.0250. The van der Waals surface area contributed by atoms with Crippen LogP contribution in [0.1, 0.15) is 23.2 Å². The quantitative estimate of drug-likeness (QED) is 0.584. The Morgan fingerprint density at radius 1 is 1.11 bits per heavy atom. The van der Waals surface area contributed by atoms with Crippen LogP contribution in [-0.4, -0.2) is 33.8 Å². The minimum Gasteiger partial charge on any atom is -0.356 e. The van der Waals surface area contributed by atoms with Crippen molar-refractivity contribution in [1.82, 2.24) is 0 Å². The van der Waals surface area contributed by atoms with Crippen molar-refractivity contribution in [2.24, 2.45) is 0 Å². The summed E-state index contributed by atoms with van der Waals surface area (Å²) in [6.45, 7) is 5.68. The van der Waals surface area contributed by atoms with Crippen LogP contribution in [0.3, 0.4) is 0 Å². The molecule has 102 valence electrons. The fourth-order valence-electron chi connectivity index (χ4n) is 2.01. The van der Waals surface area contributed by atoms with Gasteiger partial charge < -0.3 is 14.0 Å². The van der Waals surface area contributed by atoms with Gasteiger partial charge in [0.25, 0.3) is 0 Å². The monoisotopic (exact) mass is 270 g/mol. The van der Waals surface area contributed by atoms with Gasteiger partial charge >= 0.3 is 0 Å². The molecule has 0 N–H and O–H groups in total. The number of benzene rings is 1. The summed E-state index contributed by atoms with van der Waals surface area (Å²) >= 11 is 0. The highest BCUT2D eigenvalue weighted by molar-refractivity contribution is 7.62. The Kier molecular flexibility index (Phi) is 5.58. The molecule has 0 fully saturated rings. The van der Waals surface area contributed by atoms with Crippen LogP contribution in [0.25, 0.3) is 0 Å². The van der Waals surface area contributed by atoms with Gasteiger partial charge in [0, 0.05) is 26.3 Å². The van der Waals surface area contributed by atoms with Crippen LogP contribution in [0.5, 0.6) is 0 Å². The Bertz CT molecular complexity index is 404. The molecule has 0 spiro atoms. The van der Waals surface area contributed by atoms with Gasteiger partial charge in [-0.25, -0.2) is 0 Å². The van der Waals surface area contributed by atoms with Crippen molar-refractivity contribution in [2.45, 2.75) is 25.3 Å². The molecule has 0 bridgehead atoms. The number of aryl methyl sites for hydroxylation is 1. The van der Waals surface area contributed by atoms with Crippen LogP contribution in [0.4, 0.5) is 0 Å². The fourth-order valence-corrected chi connectivity index (χ4v) is 3.58. The molecular formula is C14H23O3P. The SMILES string of the molecule is COC(CC(c1ccc(C)cc1)P(C)(C)=O)OC. The lowest BCUT2D eigenvalue weighted by atomic mass is 10.1. The maximum absolute atomic E-state index is 12.5. The zero-order valence-corrected chi connectivity index (χ0v) is 12.7. The first-order valence-corrected chi connectivity index (χ1v) is 8.72. The minimum atomic E-state index is -2.25. The second-order valence-corrected chi connectivity index (χ2v) is 8.49. The van der Waals surface area contributed by atoms with E-state index in [2.05, 4.69) is 0 Å². The highest BCUT2D eigenvalue weighted by Gasteiger charge is 2.28. The largest absolute Gasteiger partial charge is 0.356 e. The molecule has 0 saturated carbocycles. The maximum atomic E-state index is 12.5. The van der Waals surface area contributed by atoms with Crippen LogP contribution >= 0.6 is 7.14 Å². The lowest BCUT2D eigenvalue weighted by molar-refractivity contribution is -0.106. The topological polar surface area (TPSA) is 35.5 Å². The van der Waals surface area contributed by atoms with Gasteiger partial charge in [-0.1, -0.05) is 29.8 Å². The van der Waals surface area contributed by atoms with E-state index in [1.54, 1.807) is 14.2 Å². The van der Waals surface area contributed by atoms with Crippen molar-refractivity contribution in [3.05, 3.63) is 35.4 Å². The molecule has 18 heavy (non-hydrogen) atoms. The maximum Gasteiger partial charge on any atom is 0.157 e. The molecule has 1 unspecified atom stereocenters. The van der Waals surface area contributed by atoms with Crippen molar-refractivity contribution in [2.75, 3.05) is 27.5 Å². The van der Waals surface area contributed by atoms with Gasteiger partial charge in [-0.15, -0.1) is 0 Å². The molecule has 1 rings (SSSR count). The fraction of sp³-hybridized carbons (Fsp3) is 0.571. The Labute approximate surface area is 110 Å². The molecule has 0 aromatic heterocycles. The van der Waals surface area contributed by atoms with Gasteiger partial charge in [0.15, 0.2) is 6.29 Å². The van der Waals surface area contributed by atoms with Crippen LogP contribution < -0.4 is 0 Å². The normalized spacial score (nSPS) is 13.9. The molecule has 1 aromatic rings. The Balaban J connectivity index is 2.99.